The lowest BCUT2D eigenvalue weighted by molar-refractivity contribution is 0.0917. The molecule has 0 bridgehead atoms. The van der Waals surface area contributed by atoms with E-state index in [4.69, 9.17) is 13.9 Å². The summed E-state index contributed by atoms with van der Waals surface area (Å²) >= 11 is 0. The van der Waals surface area contributed by atoms with Crippen molar-refractivity contribution in [1.82, 2.24) is 5.32 Å². The van der Waals surface area contributed by atoms with Crippen LogP contribution in [0, 0.1) is 5.82 Å². The van der Waals surface area contributed by atoms with Crippen molar-refractivity contribution in [2.75, 3.05) is 7.11 Å². The van der Waals surface area contributed by atoms with Crippen LogP contribution in [0.2, 0.25) is 0 Å². The van der Waals surface area contributed by atoms with Gasteiger partial charge in [0.2, 0.25) is 0 Å². The summed E-state index contributed by atoms with van der Waals surface area (Å²) in [5.74, 6) is 0.407. The second-order valence-electron chi connectivity index (χ2n) is 5.15. The Labute approximate surface area is 144 Å². The van der Waals surface area contributed by atoms with E-state index in [0.717, 1.165) is 0 Å². The first-order valence-corrected chi connectivity index (χ1v) is 7.59. The van der Waals surface area contributed by atoms with Gasteiger partial charge >= 0.3 is 0 Å². The number of carbonyl (C=O) groups is 1. The summed E-state index contributed by atoms with van der Waals surface area (Å²) in [6.45, 7) is 0.0644. The fraction of sp³-hybridized carbons (Fsp3) is 0.105. The van der Waals surface area contributed by atoms with Crippen LogP contribution >= 0.6 is 0 Å². The van der Waals surface area contributed by atoms with Crippen LogP contribution in [0.3, 0.4) is 0 Å². The monoisotopic (exact) mass is 341 g/mol. The van der Waals surface area contributed by atoms with Gasteiger partial charge < -0.3 is 19.2 Å². The molecule has 0 fully saturated rings. The lowest BCUT2D eigenvalue weighted by Gasteiger charge is -2.07. The molecule has 0 saturated carbocycles. The number of carbonyl (C=O) groups excluding carboxylic acids is 1. The van der Waals surface area contributed by atoms with E-state index in [1.54, 1.807) is 36.4 Å². The fourth-order valence-electron chi connectivity index (χ4n) is 2.21. The van der Waals surface area contributed by atoms with Crippen LogP contribution in [0.1, 0.15) is 16.1 Å². The first-order chi connectivity index (χ1) is 12.2. The molecular formula is C19H16FNO4. The van der Waals surface area contributed by atoms with Crippen molar-refractivity contribution in [3.05, 3.63) is 77.8 Å². The van der Waals surface area contributed by atoms with Gasteiger partial charge in [-0.1, -0.05) is 30.3 Å². The van der Waals surface area contributed by atoms with E-state index in [-0.39, 0.29) is 24.1 Å². The maximum absolute atomic E-state index is 13.6. The molecule has 0 aliphatic carbocycles. The van der Waals surface area contributed by atoms with Crippen LogP contribution in [-0.4, -0.2) is 13.0 Å². The zero-order chi connectivity index (χ0) is 17.6. The first-order valence-electron chi connectivity index (χ1n) is 7.59. The van der Waals surface area contributed by atoms with Crippen LogP contribution in [-0.2, 0) is 6.54 Å². The highest BCUT2D eigenvalue weighted by molar-refractivity contribution is 5.91. The molecule has 6 heteroatoms. The van der Waals surface area contributed by atoms with Crippen molar-refractivity contribution in [1.29, 1.82) is 0 Å². The molecule has 0 atom stereocenters. The third-order valence-corrected chi connectivity index (χ3v) is 3.48. The van der Waals surface area contributed by atoms with Crippen LogP contribution in [0.15, 0.2) is 65.1 Å². The van der Waals surface area contributed by atoms with E-state index < -0.39 is 5.91 Å². The summed E-state index contributed by atoms with van der Waals surface area (Å²) < 4.78 is 29.7. The van der Waals surface area contributed by atoms with Crippen LogP contribution in [0.4, 0.5) is 4.39 Å². The highest BCUT2D eigenvalue weighted by atomic mass is 19.1. The fourth-order valence-corrected chi connectivity index (χ4v) is 2.21. The molecule has 0 spiro atoms. The Hall–Kier alpha value is -3.28. The van der Waals surface area contributed by atoms with Crippen molar-refractivity contribution in [2.24, 2.45) is 0 Å². The van der Waals surface area contributed by atoms with E-state index in [0.29, 0.717) is 17.1 Å². The molecule has 0 unspecified atom stereocenters. The van der Waals surface area contributed by atoms with E-state index in [1.165, 1.54) is 25.3 Å². The molecule has 2 aromatic carbocycles. The number of methoxy groups -OCH3 is 1. The quantitative estimate of drug-likeness (QED) is 0.732. The summed E-state index contributed by atoms with van der Waals surface area (Å²) in [6.07, 6.45) is 0. The second-order valence-corrected chi connectivity index (χ2v) is 5.15. The standard InChI is InChI=1S/C19H16FNO4/c1-23-15-8-4-5-9-16(15)24-18-11-10-17(25-18)19(22)21-12-13-6-2-3-7-14(13)20/h2-11H,12H2,1H3,(H,21,22). The number of para-hydroxylation sites is 2. The van der Waals surface area contributed by atoms with Gasteiger partial charge in [-0.15, -0.1) is 0 Å². The van der Waals surface area contributed by atoms with E-state index in [9.17, 15) is 9.18 Å². The smallest absolute Gasteiger partial charge is 0.290 e. The highest BCUT2D eigenvalue weighted by Gasteiger charge is 2.14. The van der Waals surface area contributed by atoms with Gasteiger partial charge in [0.15, 0.2) is 17.3 Å². The first kappa shape index (κ1) is 16.6. The molecule has 0 aliphatic rings. The minimum Gasteiger partial charge on any atom is -0.493 e. The Kier molecular flexibility index (Phi) is 4.99. The average molecular weight is 341 g/mol. The lowest BCUT2D eigenvalue weighted by Crippen LogP contribution is -2.22. The number of nitrogens with one attached hydrogen (secondary N) is 1. The number of halogens is 1. The molecule has 3 aromatic rings. The Morgan fingerprint density at radius 3 is 2.52 bits per heavy atom. The van der Waals surface area contributed by atoms with Gasteiger partial charge in [0.05, 0.1) is 7.11 Å². The molecule has 0 aliphatic heterocycles. The Morgan fingerprint density at radius 2 is 1.76 bits per heavy atom. The number of amides is 1. The number of hydrogen-bond donors (Lipinski definition) is 1. The Balaban J connectivity index is 1.64. The molecular weight excluding hydrogens is 325 g/mol. The van der Waals surface area contributed by atoms with Crippen molar-refractivity contribution in [2.45, 2.75) is 6.54 Å². The van der Waals surface area contributed by atoms with Crippen LogP contribution < -0.4 is 14.8 Å². The Morgan fingerprint density at radius 1 is 1.04 bits per heavy atom. The second kappa shape index (κ2) is 7.53. The summed E-state index contributed by atoms with van der Waals surface area (Å²) in [5, 5.41) is 2.60. The van der Waals surface area contributed by atoms with Gasteiger partial charge in [0, 0.05) is 18.2 Å². The number of benzene rings is 2. The zero-order valence-electron chi connectivity index (χ0n) is 13.5. The summed E-state index contributed by atoms with van der Waals surface area (Å²) in [7, 11) is 1.53. The van der Waals surface area contributed by atoms with Gasteiger partial charge in [-0.05, 0) is 24.3 Å². The zero-order valence-corrected chi connectivity index (χ0v) is 13.5. The third kappa shape index (κ3) is 3.98. The summed E-state index contributed by atoms with van der Waals surface area (Å²) in [6, 6.07) is 16.3. The molecule has 0 radical (unpaired) electrons. The molecule has 1 amide bonds. The lowest BCUT2D eigenvalue weighted by atomic mass is 10.2. The molecule has 0 saturated heterocycles. The van der Waals surface area contributed by atoms with Crippen molar-refractivity contribution in [3.63, 3.8) is 0 Å². The predicted molar refractivity (Wildman–Crippen MR) is 89.3 cm³/mol. The van der Waals surface area contributed by atoms with E-state index >= 15 is 0 Å². The van der Waals surface area contributed by atoms with Crippen molar-refractivity contribution >= 4 is 5.91 Å². The molecule has 1 heterocycles. The number of hydrogen-bond acceptors (Lipinski definition) is 4. The minimum atomic E-state index is -0.460. The van der Waals surface area contributed by atoms with Crippen LogP contribution in [0.25, 0.3) is 0 Å². The number of rotatable bonds is 6. The van der Waals surface area contributed by atoms with Gasteiger partial charge in [-0.25, -0.2) is 4.39 Å². The maximum Gasteiger partial charge on any atom is 0.290 e. The van der Waals surface area contributed by atoms with Crippen LogP contribution in [0.5, 0.6) is 17.4 Å². The summed E-state index contributed by atoms with van der Waals surface area (Å²) in [5.41, 5.74) is 0.396. The maximum atomic E-state index is 13.6. The number of furan rings is 1. The highest BCUT2D eigenvalue weighted by Crippen LogP contribution is 2.31. The molecule has 1 N–H and O–H groups in total. The van der Waals surface area contributed by atoms with Crippen molar-refractivity contribution < 1.29 is 23.1 Å². The van der Waals surface area contributed by atoms with Gasteiger partial charge in [-0.3, -0.25) is 4.79 Å². The normalized spacial score (nSPS) is 10.3. The topological polar surface area (TPSA) is 60.7 Å². The Bertz CT molecular complexity index is 875. The van der Waals surface area contributed by atoms with Gasteiger partial charge in [0.1, 0.15) is 5.82 Å². The average Bonchev–Trinajstić information content (AvgIpc) is 3.10. The molecule has 25 heavy (non-hydrogen) atoms. The summed E-state index contributed by atoms with van der Waals surface area (Å²) in [4.78, 5) is 12.1. The van der Waals surface area contributed by atoms with Gasteiger partial charge in [-0.2, -0.15) is 0 Å². The molecule has 1 aromatic heterocycles. The minimum absolute atomic E-state index is 0.0644. The van der Waals surface area contributed by atoms with E-state index in [2.05, 4.69) is 5.32 Å². The number of ether oxygens (including phenoxy) is 2. The van der Waals surface area contributed by atoms with Crippen molar-refractivity contribution in [3.8, 4) is 17.4 Å². The largest absolute Gasteiger partial charge is 0.493 e. The third-order valence-electron chi connectivity index (χ3n) is 3.48. The molecule has 5 nitrogen and oxygen atoms in total. The molecule has 128 valence electrons. The molecule has 3 rings (SSSR count). The predicted octanol–water partition coefficient (Wildman–Crippen LogP) is 4.15. The van der Waals surface area contributed by atoms with Gasteiger partial charge in [0.25, 0.3) is 11.9 Å². The SMILES string of the molecule is COc1ccccc1Oc1ccc(C(=O)NCc2ccccc2F)o1. The van der Waals surface area contributed by atoms with E-state index in [1.807, 2.05) is 6.07 Å².